The van der Waals surface area contributed by atoms with Crippen LogP contribution in [0.2, 0.25) is 0 Å². The molecule has 0 fully saturated rings. The zero-order chi connectivity index (χ0) is 12.1. The number of hydrogen-bond acceptors (Lipinski definition) is 4. The van der Waals surface area contributed by atoms with Crippen LogP contribution >= 0.6 is 0 Å². The smallest absolute Gasteiger partial charge is 0.326 e. The fraction of sp³-hybridized carbons (Fsp3) is 0.556. The molecule has 0 saturated heterocycles. The predicted molar refractivity (Wildman–Crippen MR) is 54.6 cm³/mol. The first-order valence-corrected chi connectivity index (χ1v) is 4.91. The second-order valence-electron chi connectivity index (χ2n) is 3.40. The molecule has 7 heteroatoms. The molecule has 0 aromatic carbocycles. The molecule has 2 N–H and O–H groups in total. The van der Waals surface area contributed by atoms with Crippen LogP contribution in [0, 0.1) is 6.92 Å². The summed E-state index contributed by atoms with van der Waals surface area (Å²) in [5.41, 5.74) is 0.749. The lowest BCUT2D eigenvalue weighted by Gasteiger charge is -2.12. The summed E-state index contributed by atoms with van der Waals surface area (Å²) in [6.45, 7) is 3.44. The van der Waals surface area contributed by atoms with Gasteiger partial charge in [-0.05, 0) is 13.3 Å². The Morgan fingerprint density at radius 2 is 2.31 bits per heavy atom. The van der Waals surface area contributed by atoms with Crippen LogP contribution in [-0.4, -0.2) is 38.0 Å². The van der Waals surface area contributed by atoms with Crippen molar-refractivity contribution < 1.29 is 14.7 Å². The molecule has 0 aliphatic heterocycles. The highest BCUT2D eigenvalue weighted by atomic mass is 16.4. The van der Waals surface area contributed by atoms with Crippen LogP contribution in [0.4, 0.5) is 0 Å². The maximum Gasteiger partial charge on any atom is 0.326 e. The summed E-state index contributed by atoms with van der Waals surface area (Å²) >= 11 is 0. The van der Waals surface area contributed by atoms with Gasteiger partial charge in [0.05, 0.1) is 11.9 Å². The molecule has 0 aliphatic rings. The van der Waals surface area contributed by atoms with Crippen molar-refractivity contribution in [2.75, 3.05) is 0 Å². The maximum atomic E-state index is 11.5. The third kappa shape index (κ3) is 3.04. The van der Waals surface area contributed by atoms with E-state index >= 15 is 0 Å². The molecule has 1 aromatic rings. The lowest BCUT2D eigenvalue weighted by atomic mass is 10.2. The Morgan fingerprint density at radius 1 is 1.62 bits per heavy atom. The molecule has 1 aromatic heterocycles. The van der Waals surface area contributed by atoms with E-state index in [0.717, 1.165) is 5.69 Å². The molecule has 1 amide bonds. The average Bonchev–Trinajstić information content (AvgIpc) is 2.60. The van der Waals surface area contributed by atoms with Gasteiger partial charge in [0.2, 0.25) is 5.91 Å². The van der Waals surface area contributed by atoms with Gasteiger partial charge in [0, 0.05) is 0 Å². The van der Waals surface area contributed by atoms with E-state index in [1.165, 1.54) is 10.9 Å². The third-order valence-corrected chi connectivity index (χ3v) is 2.15. The van der Waals surface area contributed by atoms with Crippen LogP contribution in [0.25, 0.3) is 0 Å². The van der Waals surface area contributed by atoms with Crippen molar-refractivity contribution in [1.29, 1.82) is 0 Å². The van der Waals surface area contributed by atoms with Crippen molar-refractivity contribution in [3.05, 3.63) is 11.9 Å². The third-order valence-electron chi connectivity index (χ3n) is 2.15. The molecule has 16 heavy (non-hydrogen) atoms. The van der Waals surface area contributed by atoms with Gasteiger partial charge in [-0.1, -0.05) is 12.1 Å². The molecular formula is C9H14N4O3. The Balaban J connectivity index is 2.54. The SMILES string of the molecule is CCC(NC(=O)Cn1nncc1C)C(=O)O. The highest BCUT2D eigenvalue weighted by molar-refractivity contribution is 5.83. The van der Waals surface area contributed by atoms with E-state index in [0.29, 0.717) is 6.42 Å². The number of rotatable bonds is 5. The van der Waals surface area contributed by atoms with E-state index < -0.39 is 12.0 Å². The van der Waals surface area contributed by atoms with Gasteiger partial charge < -0.3 is 10.4 Å². The zero-order valence-corrected chi connectivity index (χ0v) is 9.17. The van der Waals surface area contributed by atoms with Gasteiger partial charge >= 0.3 is 5.97 Å². The molecule has 0 spiro atoms. The van der Waals surface area contributed by atoms with Gasteiger partial charge in [-0.25, -0.2) is 9.48 Å². The normalized spacial score (nSPS) is 12.1. The van der Waals surface area contributed by atoms with Crippen molar-refractivity contribution in [3.8, 4) is 0 Å². The standard InChI is InChI=1S/C9H14N4O3/c1-3-7(9(15)16)11-8(14)5-13-6(2)4-10-12-13/h4,7H,3,5H2,1-2H3,(H,11,14)(H,15,16). The first-order valence-electron chi connectivity index (χ1n) is 4.91. The summed E-state index contributed by atoms with van der Waals surface area (Å²) in [6, 6.07) is -0.851. The Labute approximate surface area is 92.4 Å². The molecule has 1 unspecified atom stereocenters. The van der Waals surface area contributed by atoms with Crippen molar-refractivity contribution in [2.45, 2.75) is 32.9 Å². The summed E-state index contributed by atoms with van der Waals surface area (Å²) in [5, 5.41) is 18.5. The van der Waals surface area contributed by atoms with Gasteiger partial charge in [-0.2, -0.15) is 0 Å². The number of carbonyl (C=O) groups is 2. The summed E-state index contributed by atoms with van der Waals surface area (Å²) in [7, 11) is 0. The lowest BCUT2D eigenvalue weighted by Crippen LogP contribution is -2.42. The largest absolute Gasteiger partial charge is 0.480 e. The number of aliphatic carboxylic acids is 1. The highest BCUT2D eigenvalue weighted by Gasteiger charge is 2.17. The van der Waals surface area contributed by atoms with Crippen LogP contribution in [0.3, 0.4) is 0 Å². The van der Waals surface area contributed by atoms with Gasteiger partial charge in [0.1, 0.15) is 12.6 Å². The Kier molecular flexibility index (Phi) is 3.98. The molecule has 0 aliphatic carbocycles. The number of amides is 1. The van der Waals surface area contributed by atoms with E-state index in [2.05, 4.69) is 15.6 Å². The number of hydrogen-bond donors (Lipinski definition) is 2. The van der Waals surface area contributed by atoms with Gasteiger partial charge in [0.15, 0.2) is 0 Å². The van der Waals surface area contributed by atoms with Crippen LogP contribution in [0.1, 0.15) is 19.0 Å². The minimum atomic E-state index is -1.04. The number of nitrogens with one attached hydrogen (secondary N) is 1. The van der Waals surface area contributed by atoms with E-state index in [4.69, 9.17) is 5.11 Å². The molecule has 1 heterocycles. The number of carboxylic acids is 1. The quantitative estimate of drug-likeness (QED) is 0.709. The second-order valence-corrected chi connectivity index (χ2v) is 3.40. The first kappa shape index (κ1) is 12.2. The zero-order valence-electron chi connectivity index (χ0n) is 9.17. The van der Waals surface area contributed by atoms with Crippen molar-refractivity contribution in [2.24, 2.45) is 0 Å². The molecule has 1 atom stereocenters. The van der Waals surface area contributed by atoms with E-state index in [9.17, 15) is 9.59 Å². The fourth-order valence-corrected chi connectivity index (χ4v) is 1.18. The number of nitrogens with zero attached hydrogens (tertiary/aromatic N) is 3. The number of carbonyl (C=O) groups excluding carboxylic acids is 1. The van der Waals surface area contributed by atoms with Gasteiger partial charge in [0.25, 0.3) is 0 Å². The van der Waals surface area contributed by atoms with Crippen LogP contribution in [-0.2, 0) is 16.1 Å². The van der Waals surface area contributed by atoms with E-state index in [1.54, 1.807) is 13.8 Å². The minimum absolute atomic E-state index is 0.0182. The molecule has 1 rings (SSSR count). The van der Waals surface area contributed by atoms with Crippen molar-refractivity contribution in [3.63, 3.8) is 0 Å². The molecule has 0 bridgehead atoms. The highest BCUT2D eigenvalue weighted by Crippen LogP contribution is 1.95. The number of carboxylic acid groups (broad SMARTS) is 1. The summed E-state index contributed by atoms with van der Waals surface area (Å²) < 4.78 is 1.41. The van der Waals surface area contributed by atoms with E-state index in [-0.39, 0.29) is 12.5 Å². The van der Waals surface area contributed by atoms with Crippen LogP contribution in [0.5, 0.6) is 0 Å². The maximum absolute atomic E-state index is 11.5. The first-order chi connectivity index (χ1) is 7.54. The van der Waals surface area contributed by atoms with Crippen LogP contribution < -0.4 is 5.32 Å². The Bertz CT molecular complexity index is 388. The molecule has 7 nitrogen and oxygen atoms in total. The number of aryl methyl sites for hydroxylation is 1. The molecule has 88 valence electrons. The Morgan fingerprint density at radius 3 is 2.75 bits per heavy atom. The van der Waals surface area contributed by atoms with E-state index in [1.807, 2.05) is 0 Å². The number of aromatic nitrogens is 3. The summed E-state index contributed by atoms with van der Waals surface area (Å²) in [4.78, 5) is 22.2. The fourth-order valence-electron chi connectivity index (χ4n) is 1.18. The second kappa shape index (κ2) is 5.24. The molecule has 0 radical (unpaired) electrons. The predicted octanol–water partition coefficient (Wildman–Crippen LogP) is -0.434. The Hall–Kier alpha value is -1.92. The van der Waals surface area contributed by atoms with Crippen LogP contribution in [0.15, 0.2) is 6.20 Å². The summed E-state index contributed by atoms with van der Waals surface area (Å²) in [6.07, 6.45) is 1.87. The monoisotopic (exact) mass is 226 g/mol. The topological polar surface area (TPSA) is 97.1 Å². The molecular weight excluding hydrogens is 212 g/mol. The lowest BCUT2D eigenvalue weighted by molar-refractivity contribution is -0.142. The van der Waals surface area contributed by atoms with Crippen molar-refractivity contribution in [1.82, 2.24) is 20.3 Å². The van der Waals surface area contributed by atoms with Crippen molar-refractivity contribution >= 4 is 11.9 Å². The summed E-state index contributed by atoms with van der Waals surface area (Å²) in [5.74, 6) is -1.42. The van der Waals surface area contributed by atoms with Gasteiger partial charge in [-0.3, -0.25) is 4.79 Å². The molecule has 0 saturated carbocycles. The minimum Gasteiger partial charge on any atom is -0.480 e. The van der Waals surface area contributed by atoms with Gasteiger partial charge in [-0.15, -0.1) is 5.10 Å². The average molecular weight is 226 g/mol.